The van der Waals surface area contributed by atoms with Crippen LogP contribution in [0.1, 0.15) is 61.9 Å². The van der Waals surface area contributed by atoms with Gasteiger partial charge in [-0.15, -0.1) is 0 Å². The summed E-state index contributed by atoms with van der Waals surface area (Å²) in [6.07, 6.45) is 4.65. The number of hydrogen-bond acceptors (Lipinski definition) is 3. The van der Waals surface area contributed by atoms with Crippen LogP contribution in [0.5, 0.6) is 0 Å². The number of likely N-dealkylation sites (tertiary alicyclic amines) is 1. The highest BCUT2D eigenvalue weighted by Gasteiger charge is 2.24. The maximum absolute atomic E-state index is 12.7. The standard InChI is InChI=1S/C20H30N2O3/c1-20(2,25)12-11-15-5-8-17(9-6-15)19(24)22-13-3-4-16(14-22)7-10-18(21)23/h5-6,8-9,16,25H,3-4,7,10-14H2,1-2H3,(H2,21,23)/t16-/m0/s1. The molecule has 2 rings (SSSR count). The second-order valence-electron chi connectivity index (χ2n) is 7.77. The first kappa shape index (κ1) is 19.4. The first-order valence-corrected chi connectivity index (χ1v) is 9.13. The molecular formula is C20H30N2O3. The lowest BCUT2D eigenvalue weighted by atomic mass is 9.92. The second-order valence-corrected chi connectivity index (χ2v) is 7.77. The number of rotatable bonds is 7. The van der Waals surface area contributed by atoms with Crippen molar-refractivity contribution in [2.75, 3.05) is 13.1 Å². The Balaban J connectivity index is 1.92. The zero-order chi connectivity index (χ0) is 18.4. The number of aliphatic hydroxyl groups is 1. The van der Waals surface area contributed by atoms with Crippen molar-refractivity contribution in [1.29, 1.82) is 0 Å². The number of aryl methyl sites for hydroxylation is 1. The lowest BCUT2D eigenvalue weighted by Crippen LogP contribution is -2.40. The minimum atomic E-state index is -0.678. The van der Waals surface area contributed by atoms with Gasteiger partial charge in [-0.05, 0) is 69.6 Å². The van der Waals surface area contributed by atoms with Crippen LogP contribution in [0, 0.1) is 5.92 Å². The summed E-state index contributed by atoms with van der Waals surface area (Å²) in [4.78, 5) is 25.5. The van der Waals surface area contributed by atoms with Crippen LogP contribution in [0.2, 0.25) is 0 Å². The molecule has 2 amide bonds. The van der Waals surface area contributed by atoms with E-state index in [2.05, 4.69) is 0 Å². The van der Waals surface area contributed by atoms with Gasteiger partial charge in [0.05, 0.1) is 5.60 Å². The average molecular weight is 346 g/mol. The zero-order valence-corrected chi connectivity index (χ0v) is 15.3. The molecule has 1 aliphatic rings. The summed E-state index contributed by atoms with van der Waals surface area (Å²) in [7, 11) is 0. The highest BCUT2D eigenvalue weighted by Crippen LogP contribution is 2.23. The Labute approximate surface area is 150 Å². The minimum absolute atomic E-state index is 0.0535. The molecule has 1 saturated heterocycles. The molecule has 1 atom stereocenters. The van der Waals surface area contributed by atoms with Crippen LogP contribution < -0.4 is 5.73 Å². The first-order valence-electron chi connectivity index (χ1n) is 9.13. The maximum Gasteiger partial charge on any atom is 0.253 e. The van der Waals surface area contributed by atoms with Gasteiger partial charge in [0.25, 0.3) is 5.91 Å². The van der Waals surface area contributed by atoms with Gasteiger partial charge in [0.15, 0.2) is 0 Å². The SMILES string of the molecule is CC(C)(O)CCc1ccc(C(=O)N2CCC[C@@H](CCC(N)=O)C2)cc1. The average Bonchev–Trinajstić information content (AvgIpc) is 2.57. The molecular weight excluding hydrogens is 316 g/mol. The van der Waals surface area contributed by atoms with Crippen molar-refractivity contribution >= 4 is 11.8 Å². The molecule has 1 fully saturated rings. The lowest BCUT2D eigenvalue weighted by molar-refractivity contribution is -0.118. The van der Waals surface area contributed by atoms with Gasteiger partial charge in [-0.1, -0.05) is 12.1 Å². The maximum atomic E-state index is 12.7. The van der Waals surface area contributed by atoms with Crippen molar-refractivity contribution < 1.29 is 14.7 Å². The summed E-state index contributed by atoms with van der Waals surface area (Å²) in [6, 6.07) is 7.67. The fraction of sp³-hybridized carbons (Fsp3) is 0.600. The summed E-state index contributed by atoms with van der Waals surface area (Å²) in [5, 5.41) is 9.81. The molecule has 1 aromatic carbocycles. The van der Waals surface area contributed by atoms with Crippen molar-refractivity contribution in [3.63, 3.8) is 0 Å². The molecule has 0 aromatic heterocycles. The third kappa shape index (κ3) is 6.50. The lowest BCUT2D eigenvalue weighted by Gasteiger charge is -2.32. The minimum Gasteiger partial charge on any atom is -0.390 e. The van der Waals surface area contributed by atoms with Crippen LogP contribution in [-0.2, 0) is 11.2 Å². The molecule has 0 saturated carbocycles. The van der Waals surface area contributed by atoms with Crippen LogP contribution in [0.4, 0.5) is 0 Å². The van der Waals surface area contributed by atoms with Gasteiger partial charge in [-0.2, -0.15) is 0 Å². The van der Waals surface area contributed by atoms with Crippen LogP contribution in [0.25, 0.3) is 0 Å². The van der Waals surface area contributed by atoms with Gasteiger partial charge in [0, 0.05) is 25.1 Å². The summed E-state index contributed by atoms with van der Waals surface area (Å²) in [5.74, 6) is 0.138. The van der Waals surface area contributed by atoms with Crippen molar-refractivity contribution in [1.82, 2.24) is 4.90 Å². The number of nitrogens with two attached hydrogens (primary N) is 1. The molecule has 0 aliphatic carbocycles. The second kappa shape index (κ2) is 8.48. The highest BCUT2D eigenvalue weighted by atomic mass is 16.3. The quantitative estimate of drug-likeness (QED) is 0.796. The van der Waals surface area contributed by atoms with Crippen molar-refractivity contribution in [3.05, 3.63) is 35.4 Å². The number of carbonyl (C=O) groups excluding carboxylic acids is 2. The van der Waals surface area contributed by atoms with E-state index in [-0.39, 0.29) is 11.8 Å². The molecule has 3 N–H and O–H groups in total. The summed E-state index contributed by atoms with van der Waals surface area (Å²) in [5.41, 5.74) is 6.37. The smallest absolute Gasteiger partial charge is 0.253 e. The number of piperidine rings is 1. The molecule has 5 nitrogen and oxygen atoms in total. The van der Waals surface area contributed by atoms with E-state index in [4.69, 9.17) is 5.73 Å². The van der Waals surface area contributed by atoms with Crippen molar-refractivity contribution in [2.45, 2.75) is 58.0 Å². The molecule has 0 radical (unpaired) electrons. The van der Waals surface area contributed by atoms with E-state index in [9.17, 15) is 14.7 Å². The predicted octanol–water partition coefficient (Wildman–Crippen LogP) is 2.51. The molecule has 25 heavy (non-hydrogen) atoms. The number of nitrogens with zero attached hydrogens (tertiary/aromatic N) is 1. The van der Waals surface area contributed by atoms with Gasteiger partial charge in [-0.3, -0.25) is 9.59 Å². The van der Waals surface area contributed by atoms with E-state index in [0.717, 1.165) is 37.8 Å². The Kier molecular flexibility index (Phi) is 6.59. The largest absolute Gasteiger partial charge is 0.390 e. The Hall–Kier alpha value is -1.88. The topological polar surface area (TPSA) is 83.6 Å². The van der Waals surface area contributed by atoms with Gasteiger partial charge in [0.1, 0.15) is 0 Å². The van der Waals surface area contributed by atoms with Crippen molar-refractivity contribution in [2.24, 2.45) is 11.7 Å². The van der Waals surface area contributed by atoms with E-state index in [1.807, 2.05) is 29.2 Å². The molecule has 0 spiro atoms. The fourth-order valence-corrected chi connectivity index (χ4v) is 3.28. The van der Waals surface area contributed by atoms with E-state index >= 15 is 0 Å². The third-order valence-corrected chi connectivity index (χ3v) is 4.83. The molecule has 0 bridgehead atoms. The molecule has 5 heteroatoms. The number of carbonyl (C=O) groups is 2. The van der Waals surface area contributed by atoms with Crippen molar-refractivity contribution in [3.8, 4) is 0 Å². The molecule has 1 aromatic rings. The van der Waals surface area contributed by atoms with Gasteiger partial charge in [-0.25, -0.2) is 0 Å². The highest BCUT2D eigenvalue weighted by molar-refractivity contribution is 5.94. The van der Waals surface area contributed by atoms with E-state index in [1.54, 1.807) is 13.8 Å². The molecule has 1 aliphatic heterocycles. The zero-order valence-electron chi connectivity index (χ0n) is 15.3. The van der Waals surface area contributed by atoms with Gasteiger partial charge >= 0.3 is 0 Å². The Morgan fingerprint density at radius 2 is 1.96 bits per heavy atom. The third-order valence-electron chi connectivity index (χ3n) is 4.83. The van der Waals surface area contributed by atoms with Gasteiger partial charge in [0.2, 0.25) is 5.91 Å². The molecule has 0 unspecified atom stereocenters. The number of hydrogen-bond donors (Lipinski definition) is 2. The predicted molar refractivity (Wildman–Crippen MR) is 98.1 cm³/mol. The summed E-state index contributed by atoms with van der Waals surface area (Å²) < 4.78 is 0. The Morgan fingerprint density at radius 3 is 2.56 bits per heavy atom. The monoisotopic (exact) mass is 346 g/mol. The van der Waals surface area contributed by atoms with Gasteiger partial charge < -0.3 is 15.7 Å². The fourth-order valence-electron chi connectivity index (χ4n) is 3.28. The number of amides is 2. The normalized spacial score (nSPS) is 18.2. The van der Waals surface area contributed by atoms with E-state index in [1.165, 1.54) is 0 Å². The van der Waals surface area contributed by atoms with Crippen LogP contribution in [0.15, 0.2) is 24.3 Å². The number of primary amides is 1. The van der Waals surface area contributed by atoms with E-state index in [0.29, 0.717) is 30.9 Å². The Morgan fingerprint density at radius 1 is 1.28 bits per heavy atom. The van der Waals surface area contributed by atoms with Crippen LogP contribution in [0.3, 0.4) is 0 Å². The Bertz CT molecular complexity index is 590. The molecule has 138 valence electrons. The molecule has 1 heterocycles. The summed E-state index contributed by atoms with van der Waals surface area (Å²) in [6.45, 7) is 5.07. The van der Waals surface area contributed by atoms with E-state index < -0.39 is 5.60 Å². The first-order chi connectivity index (χ1) is 11.7. The number of benzene rings is 1. The van der Waals surface area contributed by atoms with Crippen LogP contribution >= 0.6 is 0 Å². The summed E-state index contributed by atoms with van der Waals surface area (Å²) >= 11 is 0. The van der Waals surface area contributed by atoms with Crippen LogP contribution in [-0.4, -0.2) is 40.5 Å².